The van der Waals surface area contributed by atoms with Gasteiger partial charge in [-0.2, -0.15) is 0 Å². The zero-order chi connectivity index (χ0) is 17.4. The maximum absolute atomic E-state index is 11.4. The van der Waals surface area contributed by atoms with Crippen molar-refractivity contribution in [3.05, 3.63) is 48.0 Å². The molecule has 0 saturated carbocycles. The zero-order valence-corrected chi connectivity index (χ0v) is 13.6. The number of carbonyl (C=O) groups is 2. The summed E-state index contributed by atoms with van der Waals surface area (Å²) in [4.78, 5) is 21.8. The van der Waals surface area contributed by atoms with Crippen LogP contribution < -0.4 is 5.32 Å². The molecule has 0 aliphatic heterocycles. The first-order chi connectivity index (χ1) is 11.6. The third-order valence-electron chi connectivity index (χ3n) is 3.94. The summed E-state index contributed by atoms with van der Waals surface area (Å²) in [5.41, 5.74) is 1.31. The Morgan fingerprint density at radius 3 is 2.50 bits per heavy atom. The number of aliphatic carboxylic acids is 1. The van der Waals surface area contributed by atoms with Crippen molar-refractivity contribution in [2.24, 2.45) is 0 Å². The summed E-state index contributed by atoms with van der Waals surface area (Å²) in [5.74, 6) is -1.81. The van der Waals surface area contributed by atoms with Crippen LogP contribution in [0.15, 0.2) is 42.5 Å². The third-order valence-corrected chi connectivity index (χ3v) is 3.94. The molecule has 0 radical (unpaired) electrons. The van der Waals surface area contributed by atoms with Crippen LogP contribution in [0.3, 0.4) is 0 Å². The van der Waals surface area contributed by atoms with E-state index in [0.717, 1.165) is 25.7 Å². The van der Waals surface area contributed by atoms with Crippen molar-refractivity contribution < 1.29 is 19.8 Å². The fourth-order valence-electron chi connectivity index (χ4n) is 2.59. The molecule has 1 atom stereocenters. The minimum atomic E-state index is -1.63. The van der Waals surface area contributed by atoms with Crippen LogP contribution in [0.25, 0.3) is 10.8 Å². The summed E-state index contributed by atoms with van der Waals surface area (Å²) >= 11 is 0. The molecule has 1 unspecified atom stereocenters. The third kappa shape index (κ3) is 5.66. The lowest BCUT2D eigenvalue weighted by molar-refractivity contribution is -0.149. The molecule has 2 aromatic carbocycles. The molecule has 0 aliphatic rings. The average Bonchev–Trinajstić information content (AvgIpc) is 2.57. The van der Waals surface area contributed by atoms with Gasteiger partial charge in [0.1, 0.15) is 0 Å². The van der Waals surface area contributed by atoms with E-state index < -0.39 is 24.4 Å². The molecular formula is C19H23NO4. The molecule has 128 valence electrons. The van der Waals surface area contributed by atoms with E-state index in [1.165, 1.54) is 16.3 Å². The second-order valence-corrected chi connectivity index (χ2v) is 5.90. The number of benzene rings is 2. The van der Waals surface area contributed by atoms with Crippen molar-refractivity contribution >= 4 is 22.6 Å². The van der Waals surface area contributed by atoms with Crippen LogP contribution in [0.1, 0.15) is 31.2 Å². The second-order valence-electron chi connectivity index (χ2n) is 5.90. The Labute approximate surface area is 141 Å². The minimum absolute atomic E-state index is 0.396. The highest BCUT2D eigenvalue weighted by Crippen LogP contribution is 2.17. The topological polar surface area (TPSA) is 86.6 Å². The van der Waals surface area contributed by atoms with Gasteiger partial charge in [0.25, 0.3) is 0 Å². The van der Waals surface area contributed by atoms with Crippen LogP contribution in [0.4, 0.5) is 0 Å². The summed E-state index contributed by atoms with van der Waals surface area (Å²) in [7, 11) is 0. The number of aliphatic hydroxyl groups excluding tert-OH is 1. The minimum Gasteiger partial charge on any atom is -0.479 e. The molecule has 3 N–H and O–H groups in total. The number of hydrogen-bond acceptors (Lipinski definition) is 3. The first-order valence-electron chi connectivity index (χ1n) is 8.21. The molecule has 24 heavy (non-hydrogen) atoms. The molecule has 2 rings (SSSR count). The van der Waals surface area contributed by atoms with Crippen molar-refractivity contribution in [1.82, 2.24) is 5.32 Å². The van der Waals surface area contributed by atoms with Gasteiger partial charge in [-0.3, -0.25) is 4.79 Å². The van der Waals surface area contributed by atoms with Gasteiger partial charge in [-0.25, -0.2) is 4.79 Å². The Bertz CT molecular complexity index is 699. The van der Waals surface area contributed by atoms with Gasteiger partial charge in [-0.05, 0) is 35.6 Å². The van der Waals surface area contributed by atoms with Gasteiger partial charge in [0.15, 0.2) is 6.10 Å². The molecule has 0 fully saturated rings. The molecule has 0 saturated heterocycles. The summed E-state index contributed by atoms with van der Waals surface area (Å²) in [6, 6.07) is 14.8. The number of carboxylic acid groups (broad SMARTS) is 1. The number of fused-ring (bicyclic) bond motifs is 1. The van der Waals surface area contributed by atoms with E-state index >= 15 is 0 Å². The molecule has 0 aromatic heterocycles. The fraction of sp³-hybridized carbons (Fsp3) is 0.368. The highest BCUT2D eigenvalue weighted by molar-refractivity contribution is 5.83. The quantitative estimate of drug-likeness (QED) is 0.617. The van der Waals surface area contributed by atoms with Crippen molar-refractivity contribution in [2.45, 2.75) is 38.2 Å². The number of carbonyl (C=O) groups excluding carboxylic acids is 1. The highest BCUT2D eigenvalue weighted by Gasteiger charge is 2.16. The number of nitrogens with one attached hydrogen (secondary N) is 1. The van der Waals surface area contributed by atoms with Gasteiger partial charge in [0.2, 0.25) is 5.91 Å². The molecule has 2 aromatic rings. The number of unbranched alkanes of at least 4 members (excludes halogenated alkanes) is 2. The number of amides is 1. The average molecular weight is 329 g/mol. The van der Waals surface area contributed by atoms with Crippen molar-refractivity contribution in [3.8, 4) is 0 Å². The van der Waals surface area contributed by atoms with E-state index in [2.05, 4.69) is 35.6 Å². The van der Waals surface area contributed by atoms with Crippen LogP contribution in [-0.2, 0) is 16.0 Å². The summed E-state index contributed by atoms with van der Waals surface area (Å²) in [5, 5.41) is 22.7. The van der Waals surface area contributed by atoms with Crippen LogP contribution >= 0.6 is 0 Å². The van der Waals surface area contributed by atoms with Crippen LogP contribution in [0.5, 0.6) is 0 Å². The maximum atomic E-state index is 11.4. The first kappa shape index (κ1) is 17.9. The van der Waals surface area contributed by atoms with Gasteiger partial charge in [-0.15, -0.1) is 0 Å². The number of rotatable bonds is 9. The van der Waals surface area contributed by atoms with Gasteiger partial charge in [0, 0.05) is 6.54 Å². The summed E-state index contributed by atoms with van der Waals surface area (Å²) in [6.07, 6.45) is 1.82. The van der Waals surface area contributed by atoms with Crippen molar-refractivity contribution in [3.63, 3.8) is 0 Å². The lowest BCUT2D eigenvalue weighted by Crippen LogP contribution is -2.31. The highest BCUT2D eigenvalue weighted by atomic mass is 16.4. The second kappa shape index (κ2) is 9.03. The van der Waals surface area contributed by atoms with Crippen LogP contribution in [0.2, 0.25) is 0 Å². The SMILES string of the molecule is O=C(CC(O)C(=O)O)NCCCCCc1ccc2ccccc2c1. The number of carboxylic acids is 1. The number of aliphatic hydroxyl groups is 1. The molecule has 1 amide bonds. The molecule has 5 nitrogen and oxygen atoms in total. The Morgan fingerprint density at radius 2 is 1.75 bits per heavy atom. The van der Waals surface area contributed by atoms with Gasteiger partial charge in [0.05, 0.1) is 6.42 Å². The largest absolute Gasteiger partial charge is 0.479 e. The monoisotopic (exact) mass is 329 g/mol. The van der Waals surface area contributed by atoms with Crippen LogP contribution in [0, 0.1) is 0 Å². The molecular weight excluding hydrogens is 306 g/mol. The predicted octanol–water partition coefficient (Wildman–Crippen LogP) is 2.50. The lowest BCUT2D eigenvalue weighted by Gasteiger charge is -2.07. The number of hydrogen-bond donors (Lipinski definition) is 3. The summed E-state index contributed by atoms with van der Waals surface area (Å²) < 4.78 is 0. The molecule has 0 heterocycles. The van der Waals surface area contributed by atoms with E-state index in [0.29, 0.717) is 6.54 Å². The molecule has 5 heteroatoms. The maximum Gasteiger partial charge on any atom is 0.333 e. The van der Waals surface area contributed by atoms with Gasteiger partial charge >= 0.3 is 5.97 Å². The smallest absolute Gasteiger partial charge is 0.333 e. The first-order valence-corrected chi connectivity index (χ1v) is 8.21. The number of aryl methyl sites for hydroxylation is 1. The Kier molecular flexibility index (Phi) is 6.75. The van der Waals surface area contributed by atoms with E-state index in [4.69, 9.17) is 10.2 Å². The predicted molar refractivity (Wildman–Crippen MR) is 92.8 cm³/mol. The Morgan fingerprint density at radius 1 is 1.00 bits per heavy atom. The van der Waals surface area contributed by atoms with Crippen LogP contribution in [-0.4, -0.2) is 34.7 Å². The fourth-order valence-corrected chi connectivity index (χ4v) is 2.59. The van der Waals surface area contributed by atoms with Crippen molar-refractivity contribution in [1.29, 1.82) is 0 Å². The molecule has 0 bridgehead atoms. The Hall–Kier alpha value is -2.40. The molecule has 0 spiro atoms. The van der Waals surface area contributed by atoms with Gasteiger partial charge < -0.3 is 15.5 Å². The Balaban J connectivity index is 1.62. The van der Waals surface area contributed by atoms with E-state index in [9.17, 15) is 9.59 Å². The zero-order valence-electron chi connectivity index (χ0n) is 13.6. The van der Waals surface area contributed by atoms with E-state index in [1.54, 1.807) is 0 Å². The van der Waals surface area contributed by atoms with Crippen molar-refractivity contribution in [2.75, 3.05) is 6.54 Å². The van der Waals surface area contributed by atoms with E-state index in [1.807, 2.05) is 12.1 Å². The lowest BCUT2D eigenvalue weighted by atomic mass is 10.0. The van der Waals surface area contributed by atoms with E-state index in [-0.39, 0.29) is 0 Å². The standard InChI is InChI=1S/C19H23NO4/c21-17(19(23)24)13-18(22)20-11-5-1-2-6-14-9-10-15-7-3-4-8-16(15)12-14/h3-4,7-10,12,17,21H,1-2,5-6,11,13H2,(H,20,22)(H,23,24). The molecule has 0 aliphatic carbocycles. The summed E-state index contributed by atoms with van der Waals surface area (Å²) in [6.45, 7) is 0.503. The van der Waals surface area contributed by atoms with Gasteiger partial charge in [-0.1, -0.05) is 48.9 Å². The normalized spacial score (nSPS) is 12.0.